The highest BCUT2D eigenvalue weighted by atomic mass is 35.5. The van der Waals surface area contributed by atoms with Gasteiger partial charge in [-0.05, 0) is 36.8 Å². The molecule has 138 valence electrons. The topological polar surface area (TPSA) is 117 Å². The van der Waals surface area contributed by atoms with Gasteiger partial charge in [0.15, 0.2) is 0 Å². The van der Waals surface area contributed by atoms with Crippen molar-refractivity contribution in [3.63, 3.8) is 0 Å². The fraction of sp³-hybridized carbons (Fsp3) is 0.111. The van der Waals surface area contributed by atoms with Gasteiger partial charge in [0.05, 0.1) is 17.7 Å². The summed E-state index contributed by atoms with van der Waals surface area (Å²) < 4.78 is 5.22. The van der Waals surface area contributed by atoms with Gasteiger partial charge in [-0.25, -0.2) is 0 Å². The molecule has 8 nitrogen and oxygen atoms in total. The van der Waals surface area contributed by atoms with Gasteiger partial charge in [-0.3, -0.25) is 14.9 Å². The summed E-state index contributed by atoms with van der Waals surface area (Å²) in [5, 5.41) is 25.4. The van der Waals surface area contributed by atoms with Crippen LogP contribution in [0.5, 0.6) is 5.75 Å². The van der Waals surface area contributed by atoms with E-state index in [-0.39, 0.29) is 22.0 Å². The fourth-order valence-electron chi connectivity index (χ4n) is 2.16. The zero-order valence-corrected chi connectivity index (χ0v) is 15.2. The molecule has 1 amide bonds. The molecule has 2 N–H and O–H groups in total. The van der Waals surface area contributed by atoms with Crippen molar-refractivity contribution < 1.29 is 14.5 Å². The van der Waals surface area contributed by atoms with Crippen LogP contribution in [0.4, 0.5) is 17.1 Å². The minimum absolute atomic E-state index is 0.0535. The molecule has 0 saturated heterocycles. The van der Waals surface area contributed by atoms with Gasteiger partial charge in [0.25, 0.3) is 11.6 Å². The minimum Gasteiger partial charge on any atom is -0.495 e. The fourth-order valence-corrected chi connectivity index (χ4v) is 2.35. The summed E-state index contributed by atoms with van der Waals surface area (Å²) in [5.41, 5.74) is 1.12. The molecule has 0 spiro atoms. The lowest BCUT2D eigenvalue weighted by atomic mass is 10.2. The molecule has 0 aliphatic carbocycles. The first-order valence-corrected chi connectivity index (χ1v) is 8.00. The predicted octanol–water partition coefficient (Wildman–Crippen LogP) is 4.02. The van der Waals surface area contributed by atoms with Crippen molar-refractivity contribution in [2.45, 2.75) is 6.92 Å². The molecule has 0 aromatic heterocycles. The van der Waals surface area contributed by atoms with Gasteiger partial charge in [-0.2, -0.15) is 5.26 Å². The highest BCUT2D eigenvalue weighted by Gasteiger charge is 2.15. The molecule has 0 fully saturated rings. The van der Waals surface area contributed by atoms with E-state index in [2.05, 4.69) is 10.6 Å². The third-order valence-electron chi connectivity index (χ3n) is 3.49. The maximum atomic E-state index is 12.3. The Balaban J connectivity index is 2.20. The third kappa shape index (κ3) is 4.96. The van der Waals surface area contributed by atoms with Crippen molar-refractivity contribution in [2.75, 3.05) is 17.7 Å². The van der Waals surface area contributed by atoms with Gasteiger partial charge in [-0.15, -0.1) is 0 Å². The van der Waals surface area contributed by atoms with E-state index in [1.165, 1.54) is 25.4 Å². The quantitative estimate of drug-likeness (QED) is 0.335. The van der Waals surface area contributed by atoms with Gasteiger partial charge in [0, 0.05) is 18.0 Å². The predicted molar refractivity (Wildman–Crippen MR) is 102 cm³/mol. The van der Waals surface area contributed by atoms with Crippen LogP contribution in [0, 0.1) is 28.4 Å². The number of amides is 1. The molecule has 2 aromatic carbocycles. The smallest absolute Gasteiger partial charge is 0.289 e. The second-order valence-corrected chi connectivity index (χ2v) is 5.80. The maximum Gasteiger partial charge on any atom is 0.289 e. The molecule has 2 aromatic rings. The number of halogens is 1. The van der Waals surface area contributed by atoms with Crippen LogP contribution >= 0.6 is 11.6 Å². The minimum atomic E-state index is -0.728. The van der Waals surface area contributed by atoms with Crippen molar-refractivity contribution >= 4 is 34.6 Å². The first kappa shape index (κ1) is 19.8. The highest BCUT2D eigenvalue weighted by molar-refractivity contribution is 6.32. The zero-order chi connectivity index (χ0) is 20.0. The molecule has 0 heterocycles. The summed E-state index contributed by atoms with van der Waals surface area (Å²) in [7, 11) is 1.50. The second-order valence-electron chi connectivity index (χ2n) is 5.40. The lowest BCUT2D eigenvalue weighted by Gasteiger charge is -2.10. The molecule has 2 rings (SSSR count). The van der Waals surface area contributed by atoms with E-state index in [1.807, 2.05) is 13.0 Å². The van der Waals surface area contributed by atoms with Crippen LogP contribution in [0.3, 0.4) is 0 Å². The number of nitrogens with one attached hydrogen (secondary N) is 2. The second kappa shape index (κ2) is 8.69. The molecule has 0 bridgehead atoms. The molecule has 27 heavy (non-hydrogen) atoms. The number of nitro benzene ring substituents is 1. The Kier molecular flexibility index (Phi) is 6.36. The molecule has 0 saturated carbocycles. The van der Waals surface area contributed by atoms with Gasteiger partial charge >= 0.3 is 0 Å². The molecular weight excluding hydrogens is 372 g/mol. The Morgan fingerprint density at radius 2 is 2.07 bits per heavy atom. The Hall–Kier alpha value is -3.57. The molecule has 0 atom stereocenters. The van der Waals surface area contributed by atoms with E-state index in [9.17, 15) is 20.2 Å². The van der Waals surface area contributed by atoms with Crippen molar-refractivity contribution in [1.82, 2.24) is 0 Å². The summed E-state index contributed by atoms with van der Waals surface area (Å²) in [6.45, 7) is 1.89. The number of hydrogen-bond donors (Lipinski definition) is 2. The number of methoxy groups -OCH3 is 1. The van der Waals surface area contributed by atoms with Crippen LogP contribution in [0.1, 0.15) is 5.56 Å². The van der Waals surface area contributed by atoms with Gasteiger partial charge < -0.3 is 15.4 Å². The summed E-state index contributed by atoms with van der Waals surface area (Å²) in [5.74, 6) is -0.184. The average Bonchev–Trinajstić information content (AvgIpc) is 2.63. The number of carbonyl (C=O) groups is 1. The molecule has 0 unspecified atom stereocenters. The van der Waals surface area contributed by atoms with Crippen LogP contribution < -0.4 is 15.4 Å². The van der Waals surface area contributed by atoms with Gasteiger partial charge in [0.2, 0.25) is 0 Å². The van der Waals surface area contributed by atoms with Crippen LogP contribution in [0.25, 0.3) is 0 Å². The number of anilines is 2. The van der Waals surface area contributed by atoms with Crippen LogP contribution in [0.2, 0.25) is 5.02 Å². The van der Waals surface area contributed by atoms with Crippen LogP contribution in [-0.2, 0) is 4.79 Å². The van der Waals surface area contributed by atoms with Crippen molar-refractivity contribution in [2.24, 2.45) is 0 Å². The van der Waals surface area contributed by atoms with E-state index in [0.29, 0.717) is 11.4 Å². The summed E-state index contributed by atoms with van der Waals surface area (Å²) >= 11 is 5.74. The Morgan fingerprint density at radius 3 is 2.70 bits per heavy atom. The van der Waals surface area contributed by atoms with Crippen molar-refractivity contribution in [3.05, 3.63) is 68.9 Å². The number of nitro groups is 1. The number of aryl methyl sites for hydroxylation is 1. The van der Waals surface area contributed by atoms with Crippen LogP contribution in [0.15, 0.2) is 48.2 Å². The van der Waals surface area contributed by atoms with Crippen LogP contribution in [-0.4, -0.2) is 17.9 Å². The van der Waals surface area contributed by atoms with Crippen molar-refractivity contribution in [1.29, 1.82) is 5.26 Å². The molecular formula is C18H15ClN4O4. The lowest BCUT2D eigenvalue weighted by Crippen LogP contribution is -2.14. The van der Waals surface area contributed by atoms with E-state index in [0.717, 1.165) is 11.6 Å². The number of hydrogen-bond acceptors (Lipinski definition) is 6. The Bertz CT molecular complexity index is 966. The lowest BCUT2D eigenvalue weighted by molar-refractivity contribution is -0.384. The van der Waals surface area contributed by atoms with Crippen molar-refractivity contribution in [3.8, 4) is 11.8 Å². The SMILES string of the molecule is COc1ccc(C)cc1N/C=C(/C#N)C(=O)Nc1ccc(Cl)c([N+](=O)[O-])c1. The Morgan fingerprint density at radius 1 is 1.33 bits per heavy atom. The number of nitrogens with zero attached hydrogens (tertiary/aromatic N) is 2. The molecule has 0 aliphatic rings. The van der Waals surface area contributed by atoms with E-state index in [1.54, 1.807) is 18.2 Å². The van der Waals surface area contributed by atoms with Gasteiger partial charge in [0.1, 0.15) is 22.4 Å². The summed E-state index contributed by atoms with van der Waals surface area (Å²) in [4.78, 5) is 22.5. The van der Waals surface area contributed by atoms with E-state index >= 15 is 0 Å². The maximum absolute atomic E-state index is 12.3. The average molecular weight is 387 g/mol. The molecule has 0 radical (unpaired) electrons. The normalized spacial score (nSPS) is 10.7. The number of benzene rings is 2. The molecule has 9 heteroatoms. The number of ether oxygens (including phenoxy) is 1. The number of nitriles is 1. The number of rotatable bonds is 6. The largest absolute Gasteiger partial charge is 0.495 e. The van der Waals surface area contributed by atoms with E-state index < -0.39 is 10.8 Å². The zero-order valence-electron chi connectivity index (χ0n) is 14.4. The third-order valence-corrected chi connectivity index (χ3v) is 3.81. The number of carbonyl (C=O) groups excluding carboxylic acids is 1. The monoisotopic (exact) mass is 386 g/mol. The highest BCUT2D eigenvalue weighted by Crippen LogP contribution is 2.28. The Labute approximate surface area is 160 Å². The molecule has 0 aliphatic heterocycles. The van der Waals surface area contributed by atoms with Gasteiger partial charge in [-0.1, -0.05) is 17.7 Å². The summed E-state index contributed by atoms with van der Waals surface area (Å²) in [6.07, 6.45) is 1.23. The first-order valence-electron chi connectivity index (χ1n) is 7.62. The first-order chi connectivity index (χ1) is 12.8. The summed E-state index contributed by atoms with van der Waals surface area (Å²) in [6, 6.07) is 11.0. The standard InChI is InChI=1S/C18H15ClN4O4/c1-11-3-6-17(27-2)15(7-11)21-10-12(9-20)18(24)22-13-4-5-14(19)16(8-13)23(25)26/h3-8,10,21H,1-2H3,(H,22,24)/b12-10-. The van der Waals surface area contributed by atoms with E-state index in [4.69, 9.17) is 16.3 Å².